The van der Waals surface area contributed by atoms with Crippen LogP contribution in [-0.4, -0.2) is 18.1 Å². The molecule has 116 valence electrons. The maximum absolute atomic E-state index is 4.89. The molecule has 1 aliphatic heterocycles. The second-order valence-corrected chi connectivity index (χ2v) is 6.24. The van der Waals surface area contributed by atoms with Gasteiger partial charge >= 0.3 is 0 Å². The summed E-state index contributed by atoms with van der Waals surface area (Å²) in [5, 5.41) is 1.29. The third kappa shape index (κ3) is 3.18. The van der Waals surface area contributed by atoms with Gasteiger partial charge in [0, 0.05) is 12.1 Å². The Hall–Kier alpha value is -1.01. The summed E-state index contributed by atoms with van der Waals surface area (Å²) in [6.07, 6.45) is 1.03. The minimum absolute atomic E-state index is 0. The first kappa shape index (κ1) is 17.3. The number of fused-ring (bicyclic) bond motifs is 2. The third-order valence-electron chi connectivity index (χ3n) is 3.99. The van der Waals surface area contributed by atoms with Crippen LogP contribution in [0.15, 0.2) is 36.4 Å². The van der Waals surface area contributed by atoms with Crippen molar-refractivity contribution in [2.24, 2.45) is 0 Å². The average Bonchev–Trinajstić information content (AvgIpc) is 2.53. The van der Waals surface area contributed by atoms with Gasteiger partial charge in [0.25, 0.3) is 0 Å². The molecule has 0 saturated heterocycles. The molecular weight excluding hydrogens is 403 g/mol. The molecule has 2 nitrogen and oxygen atoms in total. The van der Waals surface area contributed by atoms with Crippen LogP contribution < -0.4 is 33.9 Å². The minimum Gasteiger partial charge on any atom is -1.00 e. The zero-order valence-corrected chi connectivity index (χ0v) is 16.2. The van der Waals surface area contributed by atoms with Crippen molar-refractivity contribution in [3.05, 3.63) is 47.3 Å². The van der Waals surface area contributed by atoms with Crippen LogP contribution in [0.4, 0.5) is 0 Å². The maximum atomic E-state index is 4.89. The summed E-state index contributed by atoms with van der Waals surface area (Å²) < 4.78 is 3.65. The summed E-state index contributed by atoms with van der Waals surface area (Å²) in [5.41, 5.74) is 3.59. The highest BCUT2D eigenvalue weighted by molar-refractivity contribution is 7.21. The van der Waals surface area contributed by atoms with Crippen LogP contribution in [0.2, 0.25) is 0 Å². The Morgan fingerprint density at radius 1 is 1.05 bits per heavy atom. The summed E-state index contributed by atoms with van der Waals surface area (Å²) in [4.78, 5) is 6.16. The lowest BCUT2D eigenvalue weighted by molar-refractivity contribution is -0.00000434. The topological polar surface area (TPSA) is 15.9 Å². The van der Waals surface area contributed by atoms with E-state index >= 15 is 0 Å². The van der Waals surface area contributed by atoms with E-state index in [2.05, 4.69) is 61.7 Å². The van der Waals surface area contributed by atoms with Crippen LogP contribution in [-0.2, 0) is 6.42 Å². The van der Waals surface area contributed by atoms with E-state index < -0.39 is 0 Å². The molecule has 4 heteroatoms. The third-order valence-corrected chi connectivity index (χ3v) is 5.08. The van der Waals surface area contributed by atoms with Crippen molar-refractivity contribution in [2.75, 3.05) is 13.1 Å². The Kier molecular flexibility index (Phi) is 5.92. The summed E-state index contributed by atoms with van der Waals surface area (Å²) in [6.45, 7) is 8.66. The van der Waals surface area contributed by atoms with E-state index in [1.54, 1.807) is 0 Å². The molecule has 1 heterocycles. The van der Waals surface area contributed by atoms with Crippen LogP contribution in [0.1, 0.15) is 26.3 Å². The van der Waals surface area contributed by atoms with E-state index in [4.69, 9.17) is 4.98 Å². The highest BCUT2D eigenvalue weighted by Crippen LogP contribution is 2.30. The molecule has 0 fully saturated rings. The molecule has 22 heavy (non-hydrogen) atoms. The molecule has 0 N–H and O–H groups in total. The SMILES string of the molecule is CCc1cccc2sc3cc(=[N+](CC)CC)ccc-3nc12.[I-]. The quantitative estimate of drug-likeness (QED) is 0.345. The fourth-order valence-electron chi connectivity index (χ4n) is 2.76. The van der Waals surface area contributed by atoms with Crippen LogP contribution in [0.3, 0.4) is 0 Å². The largest absolute Gasteiger partial charge is 1.00 e. The van der Waals surface area contributed by atoms with Gasteiger partial charge in [-0.05, 0) is 38.0 Å². The number of aromatic nitrogens is 1. The minimum atomic E-state index is 0. The Labute approximate surface area is 152 Å². The van der Waals surface area contributed by atoms with Crippen molar-refractivity contribution in [3.63, 3.8) is 0 Å². The Balaban J connectivity index is 0.00000176. The number of nitrogens with zero attached hydrogens (tertiary/aromatic N) is 2. The first-order chi connectivity index (χ1) is 10.3. The zero-order chi connectivity index (χ0) is 14.8. The smallest absolute Gasteiger partial charge is 0.201 e. The van der Waals surface area contributed by atoms with Gasteiger partial charge in [-0.3, -0.25) is 0 Å². The summed E-state index contributed by atoms with van der Waals surface area (Å²) in [5.74, 6) is 0. The van der Waals surface area contributed by atoms with Gasteiger partial charge in [-0.15, -0.1) is 11.3 Å². The molecule has 0 saturated carbocycles. The number of hydrogen-bond donors (Lipinski definition) is 0. The second kappa shape index (κ2) is 7.51. The first-order valence-electron chi connectivity index (χ1n) is 7.67. The van der Waals surface area contributed by atoms with Crippen molar-refractivity contribution >= 4 is 21.6 Å². The maximum Gasteiger partial charge on any atom is 0.201 e. The van der Waals surface area contributed by atoms with Gasteiger partial charge in [0.2, 0.25) is 5.36 Å². The van der Waals surface area contributed by atoms with Crippen molar-refractivity contribution in [3.8, 4) is 10.6 Å². The van der Waals surface area contributed by atoms with E-state index in [9.17, 15) is 0 Å². The van der Waals surface area contributed by atoms with Gasteiger partial charge in [0.1, 0.15) is 13.1 Å². The average molecular weight is 424 g/mol. The van der Waals surface area contributed by atoms with E-state index in [0.717, 1.165) is 30.7 Å². The van der Waals surface area contributed by atoms with Gasteiger partial charge in [-0.25, -0.2) is 9.56 Å². The molecule has 0 radical (unpaired) electrons. The number of rotatable bonds is 3. The number of hydrogen-bond acceptors (Lipinski definition) is 2. The van der Waals surface area contributed by atoms with Crippen molar-refractivity contribution < 1.29 is 24.0 Å². The standard InChI is InChI=1S/C18H21N2S.HI/c1-4-13-8-7-9-16-18(13)19-15-11-10-14(12-17(15)21-16)20(5-2)6-3;/h7-12H,4-6H2,1-3H3;1H/q+1;/p-1. The number of aryl methyl sites for hydroxylation is 1. The number of benzene rings is 2. The van der Waals surface area contributed by atoms with Gasteiger partial charge in [0.15, 0.2) is 0 Å². The fourth-order valence-corrected chi connectivity index (χ4v) is 3.82. The highest BCUT2D eigenvalue weighted by Gasteiger charge is 2.11. The Morgan fingerprint density at radius 2 is 1.82 bits per heavy atom. The summed E-state index contributed by atoms with van der Waals surface area (Å²) >= 11 is 1.84. The number of halogens is 1. The van der Waals surface area contributed by atoms with Crippen LogP contribution in [0, 0.1) is 0 Å². The first-order valence-corrected chi connectivity index (χ1v) is 8.48. The van der Waals surface area contributed by atoms with Gasteiger partial charge in [0.05, 0.1) is 20.8 Å². The molecular formula is C18H21IN2S. The Morgan fingerprint density at radius 3 is 2.50 bits per heavy atom. The summed E-state index contributed by atoms with van der Waals surface area (Å²) in [6, 6.07) is 13.1. The van der Waals surface area contributed by atoms with E-state index in [0.29, 0.717) is 0 Å². The molecule has 1 aromatic carbocycles. The molecule has 2 aliphatic rings. The fraction of sp³-hybridized carbons (Fsp3) is 0.333. The van der Waals surface area contributed by atoms with E-state index in [1.165, 1.54) is 20.5 Å². The molecule has 0 bridgehead atoms. The highest BCUT2D eigenvalue weighted by atomic mass is 127. The summed E-state index contributed by atoms with van der Waals surface area (Å²) in [7, 11) is 0. The molecule has 1 aromatic rings. The van der Waals surface area contributed by atoms with Gasteiger partial charge in [-0.2, -0.15) is 0 Å². The Bertz CT molecular complexity index is 817. The molecule has 3 rings (SSSR count). The predicted molar refractivity (Wildman–Crippen MR) is 92.0 cm³/mol. The molecule has 0 spiro atoms. The van der Waals surface area contributed by atoms with Crippen molar-refractivity contribution in [2.45, 2.75) is 27.2 Å². The van der Waals surface area contributed by atoms with Crippen LogP contribution in [0.25, 0.3) is 20.8 Å². The number of para-hydroxylation sites is 1. The van der Waals surface area contributed by atoms with Crippen LogP contribution in [0.5, 0.6) is 0 Å². The van der Waals surface area contributed by atoms with E-state index in [1.807, 2.05) is 11.3 Å². The lowest BCUT2D eigenvalue weighted by Crippen LogP contribution is -3.00. The van der Waals surface area contributed by atoms with E-state index in [-0.39, 0.29) is 24.0 Å². The molecule has 1 aliphatic carbocycles. The lowest BCUT2D eigenvalue weighted by atomic mass is 10.1. The predicted octanol–water partition coefficient (Wildman–Crippen LogP) is 0.779. The molecule has 0 amide bonds. The van der Waals surface area contributed by atoms with Gasteiger partial charge in [-0.1, -0.05) is 19.1 Å². The lowest BCUT2D eigenvalue weighted by Gasteiger charge is -2.08. The second-order valence-electron chi connectivity index (χ2n) is 5.16. The van der Waals surface area contributed by atoms with Gasteiger partial charge < -0.3 is 24.0 Å². The molecule has 0 unspecified atom stereocenters. The zero-order valence-electron chi connectivity index (χ0n) is 13.3. The van der Waals surface area contributed by atoms with Crippen LogP contribution >= 0.6 is 11.3 Å². The monoisotopic (exact) mass is 424 g/mol. The van der Waals surface area contributed by atoms with Crippen molar-refractivity contribution in [1.29, 1.82) is 0 Å². The molecule has 0 atom stereocenters. The normalized spacial score (nSPS) is 10.7. The molecule has 0 aromatic heterocycles. The van der Waals surface area contributed by atoms with Crippen molar-refractivity contribution in [1.82, 2.24) is 9.56 Å².